The minimum atomic E-state index is 0.303. The van der Waals surface area contributed by atoms with E-state index in [1.54, 1.807) is 0 Å². The van der Waals surface area contributed by atoms with E-state index >= 15 is 0 Å². The van der Waals surface area contributed by atoms with E-state index in [4.69, 9.17) is 0 Å². The number of aromatic amines is 1. The first kappa shape index (κ1) is 9.40. The van der Waals surface area contributed by atoms with Crippen LogP contribution in [0.4, 0.5) is 0 Å². The van der Waals surface area contributed by atoms with Crippen molar-refractivity contribution in [2.45, 2.75) is 38.5 Å². The SMILES string of the molecule is CC1(C)CCc2cn[nH]c2C12CCNC2. The van der Waals surface area contributed by atoms with E-state index in [2.05, 4.69) is 29.4 Å². The Kier molecular flexibility index (Phi) is 1.78. The van der Waals surface area contributed by atoms with Crippen LogP contribution in [0.25, 0.3) is 0 Å². The molecule has 82 valence electrons. The number of H-pyrrole nitrogens is 1. The van der Waals surface area contributed by atoms with E-state index in [1.165, 1.54) is 30.5 Å². The Hall–Kier alpha value is -0.830. The lowest BCUT2D eigenvalue weighted by Crippen LogP contribution is -2.47. The summed E-state index contributed by atoms with van der Waals surface area (Å²) in [6.07, 6.45) is 5.72. The Morgan fingerprint density at radius 2 is 2.20 bits per heavy atom. The van der Waals surface area contributed by atoms with Gasteiger partial charge in [-0.05, 0) is 36.8 Å². The molecule has 1 spiro atoms. The number of hydrogen-bond donors (Lipinski definition) is 2. The van der Waals surface area contributed by atoms with Gasteiger partial charge in [0, 0.05) is 17.7 Å². The van der Waals surface area contributed by atoms with Crippen LogP contribution in [-0.2, 0) is 11.8 Å². The summed E-state index contributed by atoms with van der Waals surface area (Å²) in [5, 5.41) is 11.0. The molecule has 0 amide bonds. The lowest BCUT2D eigenvalue weighted by molar-refractivity contribution is 0.142. The minimum absolute atomic E-state index is 0.303. The number of aryl methyl sites for hydroxylation is 1. The molecule has 1 fully saturated rings. The van der Waals surface area contributed by atoms with Crippen molar-refractivity contribution in [1.82, 2.24) is 15.5 Å². The van der Waals surface area contributed by atoms with E-state index in [1.807, 2.05) is 6.20 Å². The molecule has 0 radical (unpaired) electrons. The molecule has 3 heteroatoms. The largest absolute Gasteiger partial charge is 0.316 e. The van der Waals surface area contributed by atoms with Crippen LogP contribution >= 0.6 is 0 Å². The molecule has 2 heterocycles. The maximum absolute atomic E-state index is 4.24. The second-order valence-corrected chi connectivity index (χ2v) is 5.66. The van der Waals surface area contributed by atoms with Crippen LogP contribution in [0.5, 0.6) is 0 Å². The van der Waals surface area contributed by atoms with Crippen LogP contribution in [0.15, 0.2) is 6.20 Å². The van der Waals surface area contributed by atoms with Crippen LogP contribution in [0.3, 0.4) is 0 Å². The van der Waals surface area contributed by atoms with Gasteiger partial charge in [0.1, 0.15) is 0 Å². The second-order valence-electron chi connectivity index (χ2n) is 5.66. The highest BCUT2D eigenvalue weighted by Crippen LogP contribution is 2.52. The molecule has 2 N–H and O–H groups in total. The third kappa shape index (κ3) is 1.07. The maximum atomic E-state index is 4.24. The van der Waals surface area contributed by atoms with Crippen molar-refractivity contribution in [2.24, 2.45) is 5.41 Å². The summed E-state index contributed by atoms with van der Waals surface area (Å²) < 4.78 is 0. The van der Waals surface area contributed by atoms with Gasteiger partial charge in [0.25, 0.3) is 0 Å². The molecule has 3 nitrogen and oxygen atoms in total. The first-order valence-corrected chi connectivity index (χ1v) is 5.89. The van der Waals surface area contributed by atoms with Gasteiger partial charge in [-0.2, -0.15) is 5.10 Å². The van der Waals surface area contributed by atoms with Crippen molar-refractivity contribution >= 4 is 0 Å². The van der Waals surface area contributed by atoms with Gasteiger partial charge in [-0.15, -0.1) is 0 Å². The molecule has 3 rings (SSSR count). The van der Waals surface area contributed by atoms with Gasteiger partial charge < -0.3 is 5.32 Å². The molecule has 0 saturated carbocycles. The third-order valence-corrected chi connectivity index (χ3v) is 4.67. The van der Waals surface area contributed by atoms with Gasteiger partial charge >= 0.3 is 0 Å². The molecule has 1 atom stereocenters. The predicted molar refractivity (Wildman–Crippen MR) is 59.9 cm³/mol. The van der Waals surface area contributed by atoms with Crippen LogP contribution in [0, 0.1) is 5.41 Å². The van der Waals surface area contributed by atoms with Gasteiger partial charge in [-0.3, -0.25) is 5.10 Å². The molecule has 1 saturated heterocycles. The van der Waals surface area contributed by atoms with Crippen molar-refractivity contribution in [3.8, 4) is 0 Å². The molecular weight excluding hydrogens is 186 g/mol. The number of nitrogens with one attached hydrogen (secondary N) is 2. The molecule has 1 aromatic heterocycles. The van der Waals surface area contributed by atoms with E-state index in [0.717, 1.165) is 13.1 Å². The lowest BCUT2D eigenvalue weighted by atomic mass is 9.57. The summed E-state index contributed by atoms with van der Waals surface area (Å²) in [7, 11) is 0. The topological polar surface area (TPSA) is 40.7 Å². The second kappa shape index (κ2) is 2.85. The highest BCUT2D eigenvalue weighted by molar-refractivity contribution is 5.34. The summed E-state index contributed by atoms with van der Waals surface area (Å²) >= 11 is 0. The molecule has 2 aliphatic rings. The molecular formula is C12H19N3. The Morgan fingerprint density at radius 1 is 1.33 bits per heavy atom. The molecule has 15 heavy (non-hydrogen) atoms. The summed E-state index contributed by atoms with van der Waals surface area (Å²) in [5.74, 6) is 0. The lowest BCUT2D eigenvalue weighted by Gasteiger charge is -2.47. The zero-order valence-corrected chi connectivity index (χ0v) is 9.56. The van der Waals surface area contributed by atoms with Crippen molar-refractivity contribution in [1.29, 1.82) is 0 Å². The van der Waals surface area contributed by atoms with Crippen molar-refractivity contribution in [2.75, 3.05) is 13.1 Å². The minimum Gasteiger partial charge on any atom is -0.316 e. The Labute approximate surface area is 90.7 Å². The molecule has 0 aromatic carbocycles. The van der Waals surface area contributed by atoms with Crippen molar-refractivity contribution in [3.63, 3.8) is 0 Å². The fourth-order valence-electron chi connectivity index (χ4n) is 3.42. The van der Waals surface area contributed by atoms with Crippen molar-refractivity contribution in [3.05, 3.63) is 17.5 Å². The smallest absolute Gasteiger partial charge is 0.0522 e. The summed E-state index contributed by atoms with van der Waals surface area (Å²) in [6, 6.07) is 0. The Bertz CT molecular complexity index is 372. The van der Waals surface area contributed by atoms with Gasteiger partial charge in [0.15, 0.2) is 0 Å². The zero-order valence-electron chi connectivity index (χ0n) is 9.56. The van der Waals surface area contributed by atoms with Crippen LogP contribution in [0.1, 0.15) is 37.9 Å². The number of hydrogen-bond acceptors (Lipinski definition) is 2. The first-order valence-electron chi connectivity index (χ1n) is 5.89. The Morgan fingerprint density at radius 3 is 2.93 bits per heavy atom. The zero-order chi connectivity index (χ0) is 10.5. The molecule has 1 aliphatic heterocycles. The monoisotopic (exact) mass is 205 g/mol. The number of rotatable bonds is 0. The average Bonchev–Trinajstić information content (AvgIpc) is 2.83. The maximum Gasteiger partial charge on any atom is 0.0522 e. The van der Waals surface area contributed by atoms with Crippen LogP contribution in [0.2, 0.25) is 0 Å². The molecule has 1 unspecified atom stereocenters. The fourth-order valence-corrected chi connectivity index (χ4v) is 3.42. The average molecular weight is 205 g/mol. The molecule has 1 aromatic rings. The normalized spacial score (nSPS) is 33.2. The highest BCUT2D eigenvalue weighted by Gasteiger charge is 2.52. The first-order chi connectivity index (χ1) is 7.16. The number of nitrogens with zero attached hydrogens (tertiary/aromatic N) is 1. The Balaban J connectivity index is 2.16. The van der Waals surface area contributed by atoms with Gasteiger partial charge in [-0.25, -0.2) is 0 Å². The van der Waals surface area contributed by atoms with Crippen molar-refractivity contribution < 1.29 is 0 Å². The van der Waals surface area contributed by atoms with Crippen LogP contribution < -0.4 is 5.32 Å². The predicted octanol–water partition coefficient (Wildman–Crippen LogP) is 1.61. The van der Waals surface area contributed by atoms with Gasteiger partial charge in [0.05, 0.1) is 6.20 Å². The van der Waals surface area contributed by atoms with E-state index in [0.29, 0.717) is 10.8 Å². The molecule has 1 aliphatic carbocycles. The van der Waals surface area contributed by atoms with E-state index in [9.17, 15) is 0 Å². The highest BCUT2D eigenvalue weighted by atomic mass is 15.1. The third-order valence-electron chi connectivity index (χ3n) is 4.67. The number of aromatic nitrogens is 2. The number of fused-ring (bicyclic) bond motifs is 2. The summed E-state index contributed by atoms with van der Waals surface area (Å²) in [6.45, 7) is 7.06. The van der Waals surface area contributed by atoms with E-state index < -0.39 is 0 Å². The fraction of sp³-hybridized carbons (Fsp3) is 0.750. The van der Waals surface area contributed by atoms with E-state index in [-0.39, 0.29) is 0 Å². The van der Waals surface area contributed by atoms with Crippen LogP contribution in [-0.4, -0.2) is 23.3 Å². The van der Waals surface area contributed by atoms with Gasteiger partial charge in [0.2, 0.25) is 0 Å². The summed E-state index contributed by atoms with van der Waals surface area (Å²) in [4.78, 5) is 0. The van der Waals surface area contributed by atoms with Gasteiger partial charge in [-0.1, -0.05) is 13.8 Å². The quantitative estimate of drug-likeness (QED) is 0.675. The molecule has 0 bridgehead atoms. The standard InChI is InChI=1S/C12H19N3/c1-11(2)4-3-9-7-14-15-10(9)12(11)5-6-13-8-12/h7,13H,3-6,8H2,1-2H3,(H,14,15). The summed E-state index contributed by atoms with van der Waals surface area (Å²) in [5.41, 5.74) is 3.54.